The second-order valence-corrected chi connectivity index (χ2v) is 5.48. The van der Waals surface area contributed by atoms with Gasteiger partial charge in [0.15, 0.2) is 0 Å². The largest absolute Gasteiger partial charge is 0.341 e. The Labute approximate surface area is 115 Å². The van der Waals surface area contributed by atoms with Crippen molar-refractivity contribution in [2.24, 2.45) is 11.7 Å². The standard InChI is InChI=1S/C16H24N2O/c1-2-13-10-11-18(12-13)16(19)15(17)9-8-14-6-4-3-5-7-14/h3-7,13,15H,2,8-12,17H2,1H3. The van der Waals surface area contributed by atoms with Crippen LogP contribution in [0.1, 0.15) is 31.7 Å². The molecule has 1 fully saturated rings. The number of hydrogen-bond acceptors (Lipinski definition) is 2. The Morgan fingerprint density at radius 2 is 2.16 bits per heavy atom. The average molecular weight is 260 g/mol. The molecular formula is C16H24N2O. The normalized spacial score (nSPS) is 20.5. The number of nitrogens with two attached hydrogens (primary N) is 1. The van der Waals surface area contributed by atoms with Crippen LogP contribution in [0.4, 0.5) is 0 Å². The molecule has 2 N–H and O–H groups in total. The maximum absolute atomic E-state index is 12.2. The number of amides is 1. The van der Waals surface area contributed by atoms with Crippen molar-refractivity contribution in [3.8, 4) is 0 Å². The summed E-state index contributed by atoms with van der Waals surface area (Å²) in [7, 11) is 0. The SMILES string of the molecule is CCC1CCN(C(=O)C(N)CCc2ccccc2)C1. The van der Waals surface area contributed by atoms with Crippen LogP contribution in [-0.4, -0.2) is 29.9 Å². The second-order valence-electron chi connectivity index (χ2n) is 5.48. The molecule has 0 aromatic heterocycles. The van der Waals surface area contributed by atoms with E-state index in [0.717, 1.165) is 38.8 Å². The Morgan fingerprint density at radius 1 is 1.42 bits per heavy atom. The molecule has 2 atom stereocenters. The molecule has 1 aromatic carbocycles. The van der Waals surface area contributed by atoms with Gasteiger partial charge in [0.2, 0.25) is 5.91 Å². The molecule has 1 aliphatic heterocycles. The molecule has 1 amide bonds. The molecule has 1 aliphatic rings. The van der Waals surface area contributed by atoms with E-state index in [-0.39, 0.29) is 11.9 Å². The predicted octanol–water partition coefficient (Wildman–Crippen LogP) is 2.21. The minimum Gasteiger partial charge on any atom is -0.341 e. The fourth-order valence-corrected chi connectivity index (χ4v) is 2.69. The third-order valence-corrected chi connectivity index (χ3v) is 4.08. The van der Waals surface area contributed by atoms with Crippen molar-refractivity contribution in [1.82, 2.24) is 4.90 Å². The van der Waals surface area contributed by atoms with Gasteiger partial charge in [-0.15, -0.1) is 0 Å². The van der Waals surface area contributed by atoms with Gasteiger partial charge in [-0.25, -0.2) is 0 Å². The van der Waals surface area contributed by atoms with Crippen LogP contribution in [0.3, 0.4) is 0 Å². The zero-order valence-corrected chi connectivity index (χ0v) is 11.7. The number of carbonyl (C=O) groups excluding carboxylic acids is 1. The number of rotatable bonds is 5. The van der Waals surface area contributed by atoms with Gasteiger partial charge in [-0.2, -0.15) is 0 Å². The van der Waals surface area contributed by atoms with E-state index in [1.807, 2.05) is 23.1 Å². The average Bonchev–Trinajstić information content (AvgIpc) is 2.94. The maximum Gasteiger partial charge on any atom is 0.239 e. The quantitative estimate of drug-likeness (QED) is 0.882. The zero-order valence-electron chi connectivity index (χ0n) is 11.7. The van der Waals surface area contributed by atoms with E-state index in [1.54, 1.807) is 0 Å². The lowest BCUT2D eigenvalue weighted by Gasteiger charge is -2.20. The van der Waals surface area contributed by atoms with Crippen molar-refractivity contribution in [2.45, 2.75) is 38.6 Å². The summed E-state index contributed by atoms with van der Waals surface area (Å²) in [5.41, 5.74) is 7.29. The van der Waals surface area contributed by atoms with Gasteiger partial charge in [0, 0.05) is 13.1 Å². The minimum absolute atomic E-state index is 0.131. The van der Waals surface area contributed by atoms with Crippen LogP contribution in [0.15, 0.2) is 30.3 Å². The summed E-state index contributed by atoms with van der Waals surface area (Å²) >= 11 is 0. The summed E-state index contributed by atoms with van der Waals surface area (Å²) in [5.74, 6) is 0.803. The first-order valence-electron chi connectivity index (χ1n) is 7.29. The molecule has 0 radical (unpaired) electrons. The molecular weight excluding hydrogens is 236 g/mol. The monoisotopic (exact) mass is 260 g/mol. The van der Waals surface area contributed by atoms with E-state index >= 15 is 0 Å². The highest BCUT2D eigenvalue weighted by atomic mass is 16.2. The van der Waals surface area contributed by atoms with Crippen molar-refractivity contribution in [1.29, 1.82) is 0 Å². The topological polar surface area (TPSA) is 46.3 Å². The third-order valence-electron chi connectivity index (χ3n) is 4.08. The zero-order chi connectivity index (χ0) is 13.7. The fraction of sp³-hybridized carbons (Fsp3) is 0.562. The van der Waals surface area contributed by atoms with Crippen molar-refractivity contribution >= 4 is 5.91 Å². The van der Waals surface area contributed by atoms with Gasteiger partial charge in [-0.1, -0.05) is 43.7 Å². The highest BCUT2D eigenvalue weighted by Gasteiger charge is 2.27. The molecule has 2 unspecified atom stereocenters. The highest BCUT2D eigenvalue weighted by molar-refractivity contribution is 5.81. The molecule has 0 saturated carbocycles. The molecule has 0 bridgehead atoms. The first kappa shape index (κ1) is 14.1. The molecule has 0 spiro atoms. The van der Waals surface area contributed by atoms with E-state index < -0.39 is 0 Å². The summed E-state index contributed by atoms with van der Waals surface area (Å²) in [5, 5.41) is 0. The molecule has 1 heterocycles. The second kappa shape index (κ2) is 6.71. The van der Waals surface area contributed by atoms with Crippen molar-refractivity contribution < 1.29 is 4.79 Å². The molecule has 3 nitrogen and oxygen atoms in total. The molecule has 0 aliphatic carbocycles. The number of carbonyl (C=O) groups is 1. The van der Waals surface area contributed by atoms with Gasteiger partial charge in [-0.3, -0.25) is 4.79 Å². The molecule has 19 heavy (non-hydrogen) atoms. The number of nitrogens with zero attached hydrogens (tertiary/aromatic N) is 1. The van der Waals surface area contributed by atoms with Crippen LogP contribution in [0, 0.1) is 5.92 Å². The van der Waals surface area contributed by atoms with E-state index in [1.165, 1.54) is 5.56 Å². The number of benzene rings is 1. The molecule has 2 rings (SSSR count). The van der Waals surface area contributed by atoms with Crippen molar-refractivity contribution in [2.75, 3.05) is 13.1 Å². The number of hydrogen-bond donors (Lipinski definition) is 1. The van der Waals surface area contributed by atoms with E-state index in [0.29, 0.717) is 5.92 Å². The first-order chi connectivity index (χ1) is 9.20. The van der Waals surface area contributed by atoms with Gasteiger partial charge in [-0.05, 0) is 30.7 Å². The molecule has 1 saturated heterocycles. The lowest BCUT2D eigenvalue weighted by molar-refractivity contribution is -0.131. The van der Waals surface area contributed by atoms with Gasteiger partial charge >= 0.3 is 0 Å². The Balaban J connectivity index is 1.80. The predicted molar refractivity (Wildman–Crippen MR) is 77.7 cm³/mol. The Morgan fingerprint density at radius 3 is 2.79 bits per heavy atom. The molecule has 1 aromatic rings. The van der Waals surface area contributed by atoms with Gasteiger partial charge in [0.1, 0.15) is 0 Å². The Kier molecular flexibility index (Phi) is 4.97. The highest BCUT2D eigenvalue weighted by Crippen LogP contribution is 2.20. The minimum atomic E-state index is -0.351. The van der Waals surface area contributed by atoms with Crippen LogP contribution in [0.2, 0.25) is 0 Å². The summed E-state index contributed by atoms with van der Waals surface area (Å²) in [4.78, 5) is 14.2. The third kappa shape index (κ3) is 3.80. The van der Waals surface area contributed by atoms with Gasteiger partial charge < -0.3 is 10.6 Å². The van der Waals surface area contributed by atoms with Crippen molar-refractivity contribution in [3.05, 3.63) is 35.9 Å². The number of aryl methyl sites for hydroxylation is 1. The summed E-state index contributed by atoms with van der Waals surface area (Å²) in [6.07, 6.45) is 3.89. The summed E-state index contributed by atoms with van der Waals surface area (Å²) < 4.78 is 0. The Hall–Kier alpha value is -1.35. The van der Waals surface area contributed by atoms with Crippen LogP contribution in [-0.2, 0) is 11.2 Å². The lowest BCUT2D eigenvalue weighted by Crippen LogP contribution is -2.42. The fourth-order valence-electron chi connectivity index (χ4n) is 2.69. The lowest BCUT2D eigenvalue weighted by atomic mass is 10.0. The number of likely N-dealkylation sites (tertiary alicyclic amines) is 1. The summed E-state index contributed by atoms with van der Waals surface area (Å²) in [6, 6.07) is 9.87. The Bertz CT molecular complexity index is 404. The van der Waals surface area contributed by atoms with Crippen LogP contribution in [0.25, 0.3) is 0 Å². The van der Waals surface area contributed by atoms with E-state index in [2.05, 4.69) is 19.1 Å². The van der Waals surface area contributed by atoms with E-state index in [4.69, 9.17) is 5.73 Å². The van der Waals surface area contributed by atoms with Gasteiger partial charge in [0.25, 0.3) is 0 Å². The summed E-state index contributed by atoms with van der Waals surface area (Å²) in [6.45, 7) is 3.97. The maximum atomic E-state index is 12.2. The van der Waals surface area contributed by atoms with Crippen LogP contribution in [0.5, 0.6) is 0 Å². The first-order valence-corrected chi connectivity index (χ1v) is 7.29. The van der Waals surface area contributed by atoms with E-state index in [9.17, 15) is 4.79 Å². The van der Waals surface area contributed by atoms with Crippen molar-refractivity contribution in [3.63, 3.8) is 0 Å². The van der Waals surface area contributed by atoms with Crippen LogP contribution >= 0.6 is 0 Å². The smallest absolute Gasteiger partial charge is 0.239 e. The molecule has 3 heteroatoms. The van der Waals surface area contributed by atoms with Crippen LogP contribution < -0.4 is 5.73 Å². The molecule has 104 valence electrons. The van der Waals surface area contributed by atoms with Gasteiger partial charge in [0.05, 0.1) is 6.04 Å².